The lowest BCUT2D eigenvalue weighted by Gasteiger charge is -2.16. The largest absolute Gasteiger partial charge is 0.370 e. The van der Waals surface area contributed by atoms with Crippen LogP contribution in [0.5, 0.6) is 0 Å². The third kappa shape index (κ3) is 10.6. The van der Waals surface area contributed by atoms with E-state index in [9.17, 15) is 0 Å². The second kappa shape index (κ2) is 22.8. The molecule has 0 aliphatic carbocycles. The van der Waals surface area contributed by atoms with E-state index in [2.05, 4.69) is 0 Å². The van der Waals surface area contributed by atoms with Crippen LogP contribution in [-0.4, -0.2) is 65.4 Å². The summed E-state index contributed by atoms with van der Waals surface area (Å²) in [5, 5.41) is 0. The van der Waals surface area contributed by atoms with Gasteiger partial charge in [0.1, 0.15) is 38.0 Å². The molecule has 0 spiro atoms. The molecule has 0 radical (unpaired) electrons. The lowest BCUT2D eigenvalue weighted by atomic mass is 10.1. The van der Waals surface area contributed by atoms with Gasteiger partial charge in [-0.2, -0.15) is 0 Å². The summed E-state index contributed by atoms with van der Waals surface area (Å²) in [6, 6.07) is 0. The molecule has 0 saturated carbocycles. The van der Waals surface area contributed by atoms with Gasteiger partial charge in [-0.3, -0.25) is 0 Å². The van der Waals surface area contributed by atoms with Crippen LogP contribution in [0.4, 0.5) is 0 Å². The smallest absolute Gasteiger partial charge is 0.146 e. The van der Waals surface area contributed by atoms with Crippen molar-refractivity contribution in [2.75, 3.05) is 41.0 Å². The maximum atomic E-state index is 5.61. The normalized spacial score (nSPS) is 25.2. The monoisotopic (exact) mass is 362 g/mol. The van der Waals surface area contributed by atoms with Crippen molar-refractivity contribution in [1.29, 1.82) is 0 Å². The molecular weight excluding hydrogens is 312 g/mol. The number of hydrogen-bond donors (Lipinski definition) is 0. The summed E-state index contributed by atoms with van der Waals surface area (Å²) in [5.74, 6) is 0. The minimum atomic E-state index is -0.0684. The van der Waals surface area contributed by atoms with E-state index in [0.717, 1.165) is 0 Å². The first kappa shape index (κ1) is 43.8. The summed E-state index contributed by atoms with van der Waals surface area (Å²) in [7, 11) is 3.18. The Morgan fingerprint density at radius 1 is 0.625 bits per heavy atom. The highest BCUT2D eigenvalue weighted by atomic mass is 16.7. The fourth-order valence-corrected chi connectivity index (χ4v) is 2.03. The van der Waals surface area contributed by atoms with Crippen molar-refractivity contribution in [3.63, 3.8) is 0 Å². The highest BCUT2D eigenvalue weighted by Gasteiger charge is 2.48. The quantitative estimate of drug-likeness (QED) is 0.630. The molecule has 0 aromatic carbocycles. The maximum Gasteiger partial charge on any atom is 0.146 e. The van der Waals surface area contributed by atoms with Gasteiger partial charge in [-0.1, -0.05) is 59.4 Å². The molecule has 0 unspecified atom stereocenters. The van der Waals surface area contributed by atoms with Gasteiger partial charge in [0, 0.05) is 14.2 Å². The summed E-state index contributed by atoms with van der Waals surface area (Å²) in [5.41, 5.74) is 0. The number of ether oxygens (including phenoxy) is 6. The van der Waals surface area contributed by atoms with Gasteiger partial charge in [-0.05, 0) is 0 Å². The zero-order chi connectivity index (χ0) is 11.4. The maximum absolute atomic E-state index is 5.61. The van der Waals surface area contributed by atoms with Crippen LogP contribution in [0.15, 0.2) is 0 Å². The number of hydrogen-bond acceptors (Lipinski definition) is 6. The fraction of sp³-hybridized carbons (Fsp3) is 1.00. The van der Waals surface area contributed by atoms with Crippen LogP contribution >= 0.6 is 0 Å². The Hall–Kier alpha value is -0.240. The van der Waals surface area contributed by atoms with Gasteiger partial charge in [0.15, 0.2) is 0 Å². The van der Waals surface area contributed by atoms with Crippen molar-refractivity contribution in [3.8, 4) is 0 Å². The van der Waals surface area contributed by atoms with Gasteiger partial charge in [-0.15, -0.1) is 0 Å². The van der Waals surface area contributed by atoms with Gasteiger partial charge < -0.3 is 28.4 Å². The van der Waals surface area contributed by atoms with Crippen LogP contribution in [0.1, 0.15) is 59.4 Å². The zero-order valence-electron chi connectivity index (χ0n) is 9.59. The summed E-state index contributed by atoms with van der Waals surface area (Å²) < 4.78 is 31.9. The molecule has 2 aliphatic rings. The number of fused-ring (bicyclic) bond motifs is 1. The van der Waals surface area contributed by atoms with Crippen molar-refractivity contribution in [1.82, 2.24) is 0 Å². The van der Waals surface area contributed by atoms with Crippen molar-refractivity contribution < 1.29 is 28.4 Å². The second-order valence-corrected chi connectivity index (χ2v) is 3.82. The average molecular weight is 363 g/mol. The molecule has 0 bridgehead atoms. The van der Waals surface area contributed by atoms with Crippen LogP contribution < -0.4 is 0 Å². The Morgan fingerprint density at radius 2 is 0.917 bits per heavy atom. The van der Waals surface area contributed by atoms with Crippen molar-refractivity contribution >= 4 is 0 Å². The fourth-order valence-electron chi connectivity index (χ4n) is 2.03. The molecule has 2 saturated heterocycles. The molecule has 6 nitrogen and oxygen atoms in total. The van der Waals surface area contributed by atoms with Crippen LogP contribution in [-0.2, 0) is 28.4 Å². The Labute approximate surface area is 154 Å². The minimum absolute atomic E-state index is 0. The van der Waals surface area contributed by atoms with Crippen molar-refractivity contribution in [2.45, 2.75) is 83.8 Å². The molecule has 0 aromatic heterocycles. The van der Waals surface area contributed by atoms with Crippen LogP contribution in [0.3, 0.4) is 0 Å². The lowest BCUT2D eigenvalue weighted by molar-refractivity contribution is -0.118. The first-order chi connectivity index (χ1) is 7.86. The van der Waals surface area contributed by atoms with E-state index in [0.29, 0.717) is 13.2 Å². The molecule has 2 aliphatic heterocycles. The molecule has 0 N–H and O–H groups in total. The van der Waals surface area contributed by atoms with E-state index in [-0.39, 0.29) is 97.4 Å². The number of rotatable bonds is 6. The third-order valence-corrected chi connectivity index (χ3v) is 2.76. The van der Waals surface area contributed by atoms with Gasteiger partial charge >= 0.3 is 0 Å². The van der Waals surface area contributed by atoms with Crippen LogP contribution in [0, 0.1) is 0 Å². The molecule has 0 amide bonds. The zero-order valence-corrected chi connectivity index (χ0v) is 9.59. The van der Waals surface area contributed by atoms with E-state index in [1.54, 1.807) is 14.2 Å². The standard InChI is InChI=1S/C10H18O6.8CH4/c1-11-5-15-7-3-13-10-8(16-6-12-2)4-14-9(7)10;;;;;;;;/h7-10H,3-6H2,1-2H3;8*1H4/t7-,8-,9+,10+;;;;;;;;/m0......../s1. The topological polar surface area (TPSA) is 55.4 Å². The lowest BCUT2D eigenvalue weighted by Crippen LogP contribution is -2.34. The van der Waals surface area contributed by atoms with Crippen molar-refractivity contribution in [2.24, 2.45) is 0 Å². The van der Waals surface area contributed by atoms with Gasteiger partial charge in [0.2, 0.25) is 0 Å². The highest BCUT2D eigenvalue weighted by molar-refractivity contribution is 4.95. The van der Waals surface area contributed by atoms with Gasteiger partial charge in [0.25, 0.3) is 0 Å². The molecule has 158 valence electrons. The average Bonchev–Trinajstić information content (AvgIpc) is 2.86. The number of methoxy groups -OCH3 is 2. The molecule has 2 fully saturated rings. The summed E-state index contributed by atoms with van der Waals surface area (Å²) >= 11 is 0. The van der Waals surface area contributed by atoms with E-state index in [1.165, 1.54) is 0 Å². The second-order valence-electron chi connectivity index (χ2n) is 3.82. The SMILES string of the molecule is C.C.C.C.C.C.C.C.COCO[C@H]1CO[C@H]2[C@@H]1OC[C@@H]2OCOC. The third-order valence-electron chi connectivity index (χ3n) is 2.76. The first-order valence-corrected chi connectivity index (χ1v) is 5.31. The highest BCUT2D eigenvalue weighted by Crippen LogP contribution is 2.30. The van der Waals surface area contributed by atoms with E-state index in [1.807, 2.05) is 0 Å². The molecule has 4 atom stereocenters. The van der Waals surface area contributed by atoms with E-state index >= 15 is 0 Å². The summed E-state index contributed by atoms with van der Waals surface area (Å²) in [6.45, 7) is 1.55. The van der Waals surface area contributed by atoms with Crippen LogP contribution in [0.2, 0.25) is 0 Å². The van der Waals surface area contributed by atoms with Crippen LogP contribution in [0.25, 0.3) is 0 Å². The molecule has 0 aromatic rings. The molecule has 6 heteroatoms. The van der Waals surface area contributed by atoms with Gasteiger partial charge in [0.05, 0.1) is 13.2 Å². The summed E-state index contributed by atoms with van der Waals surface area (Å²) in [6.07, 6.45) is -0.254. The Morgan fingerprint density at radius 3 is 1.17 bits per heavy atom. The predicted molar refractivity (Wildman–Crippen MR) is 107 cm³/mol. The molecule has 2 heterocycles. The van der Waals surface area contributed by atoms with E-state index < -0.39 is 0 Å². The summed E-state index contributed by atoms with van der Waals surface area (Å²) in [4.78, 5) is 0. The molecule has 24 heavy (non-hydrogen) atoms. The Bertz CT molecular complexity index is 194. The Balaban J connectivity index is -0.0000000722. The predicted octanol–water partition coefficient (Wildman–Crippen LogP) is 4.85. The molecule has 2 rings (SSSR count). The molecular formula is C18H50O6. The van der Waals surface area contributed by atoms with Crippen molar-refractivity contribution in [3.05, 3.63) is 0 Å². The van der Waals surface area contributed by atoms with Gasteiger partial charge in [-0.25, -0.2) is 0 Å². The Kier molecular flexibility index (Phi) is 41.6. The minimum Gasteiger partial charge on any atom is -0.370 e. The van der Waals surface area contributed by atoms with E-state index in [4.69, 9.17) is 28.4 Å². The first-order valence-electron chi connectivity index (χ1n) is 5.31.